The Hall–Kier alpha value is -2.14. The summed E-state index contributed by atoms with van der Waals surface area (Å²) in [6.45, 7) is 1.82. The largest absolute Gasteiger partial charge is 0.330 e. The highest BCUT2D eigenvalue weighted by molar-refractivity contribution is 6.31. The fourth-order valence-corrected chi connectivity index (χ4v) is 1.82. The molecule has 20 heavy (non-hydrogen) atoms. The molecule has 1 aromatic heterocycles. The van der Waals surface area contributed by atoms with Gasteiger partial charge in [-0.05, 0) is 37.3 Å². The number of hydrogen-bond acceptors (Lipinski definition) is 2. The number of anilines is 1. The topological polar surface area (TPSA) is 54.0 Å². The van der Waals surface area contributed by atoms with Gasteiger partial charge in [-0.1, -0.05) is 17.7 Å². The molecule has 0 bridgehead atoms. The molecular formula is C14H13ClFN3O. The Balaban J connectivity index is 1.97. The molecule has 1 atom stereocenters. The van der Waals surface area contributed by atoms with Crippen molar-refractivity contribution in [1.29, 1.82) is 0 Å². The molecule has 2 rings (SSSR count). The average Bonchev–Trinajstić information content (AvgIpc) is 2.44. The molecule has 1 aromatic carbocycles. The number of nitrogens with one attached hydrogen (secondary N) is 2. The molecule has 0 radical (unpaired) electrons. The Morgan fingerprint density at radius 3 is 2.80 bits per heavy atom. The number of carbonyl (C=O) groups is 1. The lowest BCUT2D eigenvalue weighted by Gasteiger charge is -2.14. The standard InChI is InChI=1S/C14H13ClFN3O/c1-9(13-4-2-3-7-17-13)18-14(20)19-10-5-6-12(16)11(15)8-10/h2-9H,1H3,(H2,18,19,20)/t9-/m0/s1. The fraction of sp³-hybridized carbons (Fsp3) is 0.143. The first kappa shape index (κ1) is 14.3. The third kappa shape index (κ3) is 3.68. The van der Waals surface area contributed by atoms with Gasteiger partial charge in [0.25, 0.3) is 0 Å². The zero-order valence-electron chi connectivity index (χ0n) is 10.7. The van der Waals surface area contributed by atoms with Gasteiger partial charge in [-0.25, -0.2) is 9.18 Å². The smallest absolute Gasteiger partial charge is 0.319 e. The molecule has 6 heteroatoms. The van der Waals surface area contributed by atoms with Crippen molar-refractivity contribution in [2.75, 3.05) is 5.32 Å². The number of benzene rings is 1. The van der Waals surface area contributed by atoms with E-state index < -0.39 is 11.8 Å². The number of aromatic nitrogens is 1. The van der Waals surface area contributed by atoms with Gasteiger partial charge in [0.15, 0.2) is 0 Å². The minimum absolute atomic E-state index is 0.0411. The van der Waals surface area contributed by atoms with Gasteiger partial charge in [-0.3, -0.25) is 4.98 Å². The average molecular weight is 294 g/mol. The van der Waals surface area contributed by atoms with Crippen LogP contribution < -0.4 is 10.6 Å². The molecule has 2 N–H and O–H groups in total. The van der Waals surface area contributed by atoms with Crippen LogP contribution in [0.15, 0.2) is 42.6 Å². The Morgan fingerprint density at radius 1 is 1.35 bits per heavy atom. The van der Waals surface area contributed by atoms with Crippen molar-refractivity contribution in [3.8, 4) is 0 Å². The van der Waals surface area contributed by atoms with Crippen molar-refractivity contribution in [3.05, 3.63) is 59.1 Å². The Labute approximate surface area is 121 Å². The van der Waals surface area contributed by atoms with E-state index in [1.807, 2.05) is 19.1 Å². The van der Waals surface area contributed by atoms with Crippen molar-refractivity contribution in [2.45, 2.75) is 13.0 Å². The first-order valence-electron chi connectivity index (χ1n) is 6.00. The molecule has 0 saturated carbocycles. The number of pyridine rings is 1. The first-order chi connectivity index (χ1) is 9.56. The highest BCUT2D eigenvalue weighted by atomic mass is 35.5. The summed E-state index contributed by atoms with van der Waals surface area (Å²) in [4.78, 5) is 16.0. The van der Waals surface area contributed by atoms with E-state index in [4.69, 9.17) is 11.6 Å². The van der Waals surface area contributed by atoms with Crippen LogP contribution >= 0.6 is 11.6 Å². The molecule has 0 aliphatic rings. The molecule has 4 nitrogen and oxygen atoms in total. The molecule has 2 amide bonds. The summed E-state index contributed by atoms with van der Waals surface area (Å²) in [6, 6.07) is 8.79. The lowest BCUT2D eigenvalue weighted by Crippen LogP contribution is -2.31. The summed E-state index contributed by atoms with van der Waals surface area (Å²) >= 11 is 5.64. The number of urea groups is 1. The van der Waals surface area contributed by atoms with Crippen LogP contribution in [0, 0.1) is 5.82 Å². The quantitative estimate of drug-likeness (QED) is 0.905. The zero-order chi connectivity index (χ0) is 14.5. The van der Waals surface area contributed by atoms with Gasteiger partial charge < -0.3 is 10.6 Å². The van der Waals surface area contributed by atoms with Gasteiger partial charge in [-0.15, -0.1) is 0 Å². The molecular weight excluding hydrogens is 281 g/mol. The van der Waals surface area contributed by atoms with Gasteiger partial charge in [0.05, 0.1) is 16.8 Å². The van der Waals surface area contributed by atoms with Crippen LogP contribution in [0.3, 0.4) is 0 Å². The molecule has 0 unspecified atom stereocenters. The maximum absolute atomic E-state index is 13.0. The summed E-state index contributed by atoms with van der Waals surface area (Å²) < 4.78 is 13.0. The van der Waals surface area contributed by atoms with Crippen LogP contribution in [0.1, 0.15) is 18.7 Å². The highest BCUT2D eigenvalue weighted by Gasteiger charge is 2.10. The number of nitrogens with zero attached hydrogens (tertiary/aromatic N) is 1. The predicted octanol–water partition coefficient (Wildman–Crippen LogP) is 3.76. The maximum atomic E-state index is 13.0. The van der Waals surface area contributed by atoms with E-state index in [9.17, 15) is 9.18 Å². The maximum Gasteiger partial charge on any atom is 0.319 e. The van der Waals surface area contributed by atoms with E-state index in [0.29, 0.717) is 5.69 Å². The van der Waals surface area contributed by atoms with E-state index in [1.165, 1.54) is 18.2 Å². The minimum Gasteiger partial charge on any atom is -0.330 e. The highest BCUT2D eigenvalue weighted by Crippen LogP contribution is 2.19. The first-order valence-corrected chi connectivity index (χ1v) is 6.37. The Morgan fingerprint density at radius 2 is 2.15 bits per heavy atom. The van der Waals surface area contributed by atoms with E-state index in [-0.39, 0.29) is 11.1 Å². The molecule has 0 fully saturated rings. The molecule has 0 saturated heterocycles. The molecule has 1 heterocycles. The number of amides is 2. The third-order valence-electron chi connectivity index (χ3n) is 2.66. The lowest BCUT2D eigenvalue weighted by atomic mass is 10.2. The van der Waals surface area contributed by atoms with Crippen LogP contribution in [-0.2, 0) is 0 Å². The van der Waals surface area contributed by atoms with Gasteiger partial charge >= 0.3 is 6.03 Å². The Bertz CT molecular complexity index is 607. The van der Waals surface area contributed by atoms with Crippen LogP contribution in [-0.4, -0.2) is 11.0 Å². The number of hydrogen-bond donors (Lipinski definition) is 2. The molecule has 0 spiro atoms. The van der Waals surface area contributed by atoms with Gasteiger partial charge in [0.2, 0.25) is 0 Å². The zero-order valence-corrected chi connectivity index (χ0v) is 11.5. The van der Waals surface area contributed by atoms with E-state index in [0.717, 1.165) is 5.69 Å². The van der Waals surface area contributed by atoms with Crippen molar-refractivity contribution in [2.24, 2.45) is 0 Å². The SMILES string of the molecule is C[C@H](NC(=O)Nc1ccc(F)c(Cl)c1)c1ccccn1. The second-order valence-electron chi connectivity index (χ2n) is 4.20. The van der Waals surface area contributed by atoms with Crippen LogP contribution in [0.2, 0.25) is 5.02 Å². The number of halogens is 2. The van der Waals surface area contributed by atoms with Crippen LogP contribution in [0.25, 0.3) is 0 Å². The fourth-order valence-electron chi connectivity index (χ4n) is 1.64. The van der Waals surface area contributed by atoms with Gasteiger partial charge in [0, 0.05) is 11.9 Å². The van der Waals surface area contributed by atoms with Crippen LogP contribution in [0.5, 0.6) is 0 Å². The Kier molecular flexibility index (Phi) is 4.53. The van der Waals surface area contributed by atoms with E-state index in [2.05, 4.69) is 15.6 Å². The molecule has 104 valence electrons. The molecule has 0 aliphatic heterocycles. The van der Waals surface area contributed by atoms with Crippen LogP contribution in [0.4, 0.5) is 14.9 Å². The van der Waals surface area contributed by atoms with E-state index in [1.54, 1.807) is 12.3 Å². The van der Waals surface area contributed by atoms with Crippen molar-refractivity contribution in [1.82, 2.24) is 10.3 Å². The van der Waals surface area contributed by atoms with Crippen molar-refractivity contribution in [3.63, 3.8) is 0 Å². The monoisotopic (exact) mass is 293 g/mol. The molecule has 0 aliphatic carbocycles. The summed E-state index contributed by atoms with van der Waals surface area (Å²) in [5.41, 5.74) is 1.17. The van der Waals surface area contributed by atoms with Crippen molar-refractivity contribution < 1.29 is 9.18 Å². The predicted molar refractivity (Wildman–Crippen MR) is 76.2 cm³/mol. The van der Waals surface area contributed by atoms with Gasteiger partial charge in [-0.2, -0.15) is 0 Å². The number of carbonyl (C=O) groups excluding carboxylic acids is 1. The second-order valence-corrected chi connectivity index (χ2v) is 4.61. The number of rotatable bonds is 3. The van der Waals surface area contributed by atoms with Crippen molar-refractivity contribution >= 4 is 23.3 Å². The summed E-state index contributed by atoms with van der Waals surface area (Å²) in [5, 5.41) is 5.27. The van der Waals surface area contributed by atoms with E-state index >= 15 is 0 Å². The molecule has 2 aromatic rings. The second kappa shape index (κ2) is 6.34. The van der Waals surface area contributed by atoms with Gasteiger partial charge in [0.1, 0.15) is 5.82 Å². The summed E-state index contributed by atoms with van der Waals surface area (Å²) in [7, 11) is 0. The third-order valence-corrected chi connectivity index (χ3v) is 2.95. The normalized spacial score (nSPS) is 11.8. The summed E-state index contributed by atoms with van der Waals surface area (Å²) in [6.07, 6.45) is 1.66. The lowest BCUT2D eigenvalue weighted by molar-refractivity contribution is 0.249. The summed E-state index contributed by atoms with van der Waals surface area (Å²) in [5.74, 6) is -0.528. The minimum atomic E-state index is -0.528.